The van der Waals surface area contributed by atoms with Gasteiger partial charge in [-0.3, -0.25) is 4.79 Å². The van der Waals surface area contributed by atoms with Gasteiger partial charge in [0.2, 0.25) is 0 Å². The highest BCUT2D eigenvalue weighted by molar-refractivity contribution is 9.10. The second-order valence-electron chi connectivity index (χ2n) is 5.47. The highest BCUT2D eigenvalue weighted by Crippen LogP contribution is 2.36. The van der Waals surface area contributed by atoms with Gasteiger partial charge in [0.25, 0.3) is 0 Å². The molecule has 0 N–H and O–H groups in total. The second kappa shape index (κ2) is 7.83. The van der Waals surface area contributed by atoms with E-state index >= 15 is 0 Å². The summed E-state index contributed by atoms with van der Waals surface area (Å²) in [5.74, 6) is 1.71. The van der Waals surface area contributed by atoms with Crippen LogP contribution in [0.1, 0.15) is 56.3 Å². The lowest BCUT2D eigenvalue weighted by Crippen LogP contribution is -2.15. The van der Waals surface area contributed by atoms with E-state index in [9.17, 15) is 4.79 Å². The molecule has 0 aliphatic carbocycles. The van der Waals surface area contributed by atoms with E-state index in [4.69, 9.17) is 9.47 Å². The summed E-state index contributed by atoms with van der Waals surface area (Å²) in [6.07, 6.45) is 4.79. The Morgan fingerprint density at radius 1 is 1.14 bits per heavy atom. The topological polar surface area (TPSA) is 35.5 Å². The Labute approximate surface area is 135 Å². The van der Waals surface area contributed by atoms with Crippen molar-refractivity contribution in [3.8, 4) is 11.5 Å². The third kappa shape index (κ3) is 4.00. The minimum Gasteiger partial charge on any atom is -0.490 e. The van der Waals surface area contributed by atoms with Gasteiger partial charge in [0.15, 0.2) is 17.3 Å². The lowest BCUT2D eigenvalue weighted by atomic mass is 9.89. The minimum atomic E-state index is 0.0982. The molecule has 0 bridgehead atoms. The fourth-order valence-electron chi connectivity index (χ4n) is 2.70. The fourth-order valence-corrected chi connectivity index (χ4v) is 3.21. The van der Waals surface area contributed by atoms with Crippen LogP contribution in [0, 0.1) is 5.92 Å². The number of carbonyl (C=O) groups is 1. The van der Waals surface area contributed by atoms with Crippen LogP contribution in [0.4, 0.5) is 0 Å². The quantitative estimate of drug-likeness (QED) is 0.673. The summed E-state index contributed by atoms with van der Waals surface area (Å²) in [6, 6.07) is 3.70. The Hall–Kier alpha value is -1.03. The van der Waals surface area contributed by atoms with Crippen molar-refractivity contribution in [2.45, 2.75) is 46.0 Å². The Bertz CT molecular complexity index is 493. The van der Waals surface area contributed by atoms with Crippen LogP contribution in [-0.2, 0) is 0 Å². The number of ketones is 1. The zero-order valence-corrected chi connectivity index (χ0v) is 14.4. The van der Waals surface area contributed by atoms with Crippen molar-refractivity contribution in [1.29, 1.82) is 0 Å². The van der Waals surface area contributed by atoms with Crippen LogP contribution in [0.2, 0.25) is 0 Å². The molecule has 1 aromatic rings. The van der Waals surface area contributed by atoms with Gasteiger partial charge in [-0.1, -0.05) is 26.7 Å². The molecule has 4 heteroatoms. The van der Waals surface area contributed by atoms with Crippen LogP contribution in [-0.4, -0.2) is 19.0 Å². The molecule has 1 aliphatic heterocycles. The Morgan fingerprint density at radius 3 is 2.29 bits per heavy atom. The predicted molar refractivity (Wildman–Crippen MR) is 87.4 cm³/mol. The number of carbonyl (C=O) groups excluding carboxylic acids is 1. The van der Waals surface area contributed by atoms with Gasteiger partial charge in [-0.25, -0.2) is 0 Å². The Morgan fingerprint density at radius 2 is 1.71 bits per heavy atom. The molecule has 0 amide bonds. The maximum atomic E-state index is 12.8. The molecule has 0 saturated carbocycles. The smallest absolute Gasteiger partial charge is 0.167 e. The zero-order valence-electron chi connectivity index (χ0n) is 12.8. The summed E-state index contributed by atoms with van der Waals surface area (Å²) in [6.45, 7) is 5.54. The van der Waals surface area contributed by atoms with E-state index in [-0.39, 0.29) is 11.7 Å². The van der Waals surface area contributed by atoms with Crippen LogP contribution in [0.3, 0.4) is 0 Å². The third-order valence-corrected chi connectivity index (χ3v) is 4.40. The SMILES string of the molecule is CCCC(CCC)C(=O)c1cc2c(cc1Br)OCCCO2. The molecule has 116 valence electrons. The van der Waals surface area contributed by atoms with Crippen LogP contribution < -0.4 is 9.47 Å². The first-order valence-electron chi connectivity index (χ1n) is 7.80. The van der Waals surface area contributed by atoms with Crippen LogP contribution >= 0.6 is 15.9 Å². The molecule has 21 heavy (non-hydrogen) atoms. The average Bonchev–Trinajstić information content (AvgIpc) is 2.70. The number of halogens is 1. The van der Waals surface area contributed by atoms with Crippen LogP contribution in [0.15, 0.2) is 16.6 Å². The highest BCUT2D eigenvalue weighted by Gasteiger charge is 2.23. The van der Waals surface area contributed by atoms with Gasteiger partial charge in [-0.15, -0.1) is 0 Å². The van der Waals surface area contributed by atoms with Gasteiger partial charge in [0.1, 0.15) is 0 Å². The summed E-state index contributed by atoms with van der Waals surface area (Å²) >= 11 is 3.52. The van der Waals surface area contributed by atoms with Crippen LogP contribution in [0.5, 0.6) is 11.5 Å². The van der Waals surface area contributed by atoms with E-state index in [0.29, 0.717) is 24.5 Å². The Balaban J connectivity index is 2.29. The first-order chi connectivity index (χ1) is 10.2. The highest BCUT2D eigenvalue weighted by atomic mass is 79.9. The summed E-state index contributed by atoms with van der Waals surface area (Å²) in [7, 11) is 0. The standard InChI is InChI=1S/C17H23BrO3/c1-3-6-12(7-4-2)17(19)13-10-15-16(11-14(13)18)21-9-5-8-20-15/h10-12H,3-9H2,1-2H3. The van der Waals surface area contributed by atoms with E-state index < -0.39 is 0 Å². The molecular weight excluding hydrogens is 332 g/mol. The van der Waals surface area contributed by atoms with Crippen molar-refractivity contribution >= 4 is 21.7 Å². The zero-order chi connectivity index (χ0) is 15.2. The normalized spacial score (nSPS) is 14.1. The summed E-state index contributed by atoms with van der Waals surface area (Å²) in [4.78, 5) is 12.8. The molecule has 3 nitrogen and oxygen atoms in total. The predicted octanol–water partition coefficient (Wildman–Crippen LogP) is 5.01. The lowest BCUT2D eigenvalue weighted by molar-refractivity contribution is 0.0903. The number of hydrogen-bond donors (Lipinski definition) is 0. The summed E-state index contributed by atoms with van der Waals surface area (Å²) < 4.78 is 12.1. The van der Waals surface area contributed by atoms with E-state index in [1.165, 1.54) is 0 Å². The molecule has 1 heterocycles. The number of benzene rings is 1. The van der Waals surface area contributed by atoms with E-state index in [2.05, 4.69) is 29.8 Å². The van der Waals surface area contributed by atoms with Crippen molar-refractivity contribution < 1.29 is 14.3 Å². The first-order valence-corrected chi connectivity index (χ1v) is 8.60. The number of ether oxygens (including phenoxy) is 2. The van der Waals surface area contributed by atoms with Crippen LogP contribution in [0.25, 0.3) is 0 Å². The monoisotopic (exact) mass is 354 g/mol. The van der Waals surface area contributed by atoms with E-state index in [0.717, 1.165) is 42.3 Å². The van der Waals surface area contributed by atoms with E-state index in [1.807, 2.05) is 12.1 Å². The molecule has 2 rings (SSSR count). The second-order valence-corrected chi connectivity index (χ2v) is 6.32. The number of rotatable bonds is 6. The number of hydrogen-bond acceptors (Lipinski definition) is 3. The largest absolute Gasteiger partial charge is 0.490 e. The van der Waals surface area contributed by atoms with Gasteiger partial charge in [0.05, 0.1) is 13.2 Å². The van der Waals surface area contributed by atoms with Crippen molar-refractivity contribution in [1.82, 2.24) is 0 Å². The maximum absolute atomic E-state index is 12.8. The van der Waals surface area contributed by atoms with Gasteiger partial charge in [-0.05, 0) is 40.9 Å². The fraction of sp³-hybridized carbons (Fsp3) is 0.588. The molecule has 0 atom stereocenters. The molecule has 1 aromatic carbocycles. The van der Waals surface area contributed by atoms with Gasteiger partial charge in [-0.2, -0.15) is 0 Å². The summed E-state index contributed by atoms with van der Waals surface area (Å²) in [5, 5.41) is 0. The molecule has 0 radical (unpaired) electrons. The molecule has 0 fully saturated rings. The molecule has 1 aliphatic rings. The first kappa shape index (κ1) is 16.3. The molecule has 0 unspecified atom stereocenters. The molecule has 0 saturated heterocycles. The van der Waals surface area contributed by atoms with Crippen molar-refractivity contribution in [3.05, 3.63) is 22.2 Å². The van der Waals surface area contributed by atoms with Gasteiger partial charge < -0.3 is 9.47 Å². The van der Waals surface area contributed by atoms with Gasteiger partial charge >= 0.3 is 0 Å². The van der Waals surface area contributed by atoms with Gasteiger partial charge in [0, 0.05) is 22.4 Å². The molecular formula is C17H23BrO3. The lowest BCUT2D eigenvalue weighted by Gasteiger charge is -2.17. The number of Topliss-reactive ketones (excluding diaryl/α,β-unsaturated/α-hetero) is 1. The minimum absolute atomic E-state index is 0.0982. The van der Waals surface area contributed by atoms with Crippen molar-refractivity contribution in [3.63, 3.8) is 0 Å². The third-order valence-electron chi connectivity index (χ3n) is 3.75. The average molecular weight is 355 g/mol. The maximum Gasteiger partial charge on any atom is 0.167 e. The van der Waals surface area contributed by atoms with Crippen molar-refractivity contribution in [2.24, 2.45) is 5.92 Å². The number of fused-ring (bicyclic) bond motifs is 1. The molecule has 0 aromatic heterocycles. The van der Waals surface area contributed by atoms with E-state index in [1.54, 1.807) is 0 Å². The summed E-state index contributed by atoms with van der Waals surface area (Å²) in [5.41, 5.74) is 0.714. The Kier molecular flexibility index (Phi) is 6.09. The van der Waals surface area contributed by atoms with Crippen molar-refractivity contribution in [2.75, 3.05) is 13.2 Å². The molecule has 0 spiro atoms.